The fourth-order valence-electron chi connectivity index (χ4n) is 2.41. The molecule has 0 radical (unpaired) electrons. The largest absolute Gasteiger partial charge is 0.376 e. The minimum absolute atomic E-state index is 0.468. The van der Waals surface area contributed by atoms with Crippen LogP contribution in [0.2, 0.25) is 0 Å². The SMILES string of the molecule is CNc1nc(C)cc(NCCOC2CCCCC2)n1. The summed E-state index contributed by atoms with van der Waals surface area (Å²) in [5, 5.41) is 6.24. The van der Waals surface area contributed by atoms with E-state index in [4.69, 9.17) is 4.74 Å². The zero-order valence-electron chi connectivity index (χ0n) is 11.9. The molecule has 1 aromatic rings. The Kier molecular flexibility index (Phi) is 5.39. The van der Waals surface area contributed by atoms with Gasteiger partial charge in [-0.2, -0.15) is 4.98 Å². The maximum atomic E-state index is 5.87. The lowest BCUT2D eigenvalue weighted by Crippen LogP contribution is -2.20. The molecule has 19 heavy (non-hydrogen) atoms. The zero-order chi connectivity index (χ0) is 13.5. The number of hydrogen-bond donors (Lipinski definition) is 2. The molecule has 0 spiro atoms. The number of nitrogens with zero attached hydrogens (tertiary/aromatic N) is 2. The van der Waals surface area contributed by atoms with Crippen LogP contribution >= 0.6 is 0 Å². The van der Waals surface area contributed by atoms with Crippen molar-refractivity contribution in [1.82, 2.24) is 9.97 Å². The van der Waals surface area contributed by atoms with Gasteiger partial charge in [0.05, 0.1) is 12.7 Å². The second-order valence-electron chi connectivity index (χ2n) is 5.03. The Morgan fingerprint density at radius 3 is 2.79 bits per heavy atom. The lowest BCUT2D eigenvalue weighted by Gasteiger charge is -2.22. The van der Waals surface area contributed by atoms with Crippen molar-refractivity contribution in [3.63, 3.8) is 0 Å². The van der Waals surface area contributed by atoms with Crippen LogP contribution in [-0.2, 0) is 4.74 Å². The van der Waals surface area contributed by atoms with E-state index >= 15 is 0 Å². The van der Waals surface area contributed by atoms with Crippen LogP contribution in [0.5, 0.6) is 0 Å². The van der Waals surface area contributed by atoms with Crippen molar-refractivity contribution >= 4 is 11.8 Å². The number of aryl methyl sites for hydroxylation is 1. The predicted molar refractivity (Wildman–Crippen MR) is 77.6 cm³/mol. The normalized spacial score (nSPS) is 16.3. The first kappa shape index (κ1) is 14.1. The molecule has 2 N–H and O–H groups in total. The molecule has 1 aromatic heterocycles. The molecular formula is C14H24N4O. The monoisotopic (exact) mass is 264 g/mol. The lowest BCUT2D eigenvalue weighted by molar-refractivity contribution is 0.0347. The molecule has 0 bridgehead atoms. The highest BCUT2D eigenvalue weighted by molar-refractivity contribution is 5.41. The van der Waals surface area contributed by atoms with Crippen LogP contribution < -0.4 is 10.6 Å². The van der Waals surface area contributed by atoms with Gasteiger partial charge >= 0.3 is 0 Å². The Labute approximate surface area is 115 Å². The van der Waals surface area contributed by atoms with Crippen molar-refractivity contribution in [1.29, 1.82) is 0 Å². The quantitative estimate of drug-likeness (QED) is 0.773. The third kappa shape index (κ3) is 4.67. The van der Waals surface area contributed by atoms with Crippen molar-refractivity contribution in [2.24, 2.45) is 0 Å². The molecule has 5 nitrogen and oxygen atoms in total. The van der Waals surface area contributed by atoms with Gasteiger partial charge in [-0.1, -0.05) is 19.3 Å². The van der Waals surface area contributed by atoms with Crippen molar-refractivity contribution in [2.45, 2.75) is 45.1 Å². The number of rotatable bonds is 6. The van der Waals surface area contributed by atoms with Gasteiger partial charge in [-0.25, -0.2) is 4.98 Å². The van der Waals surface area contributed by atoms with Crippen LogP contribution in [-0.4, -0.2) is 36.3 Å². The Morgan fingerprint density at radius 1 is 1.26 bits per heavy atom. The summed E-state index contributed by atoms with van der Waals surface area (Å²) in [6.07, 6.45) is 6.90. The average molecular weight is 264 g/mol. The van der Waals surface area contributed by atoms with Crippen molar-refractivity contribution in [3.05, 3.63) is 11.8 Å². The lowest BCUT2D eigenvalue weighted by atomic mass is 9.98. The van der Waals surface area contributed by atoms with Gasteiger partial charge in [0.2, 0.25) is 5.95 Å². The maximum absolute atomic E-state index is 5.87. The highest BCUT2D eigenvalue weighted by atomic mass is 16.5. The van der Waals surface area contributed by atoms with E-state index in [9.17, 15) is 0 Å². The second kappa shape index (κ2) is 7.28. The van der Waals surface area contributed by atoms with E-state index in [1.165, 1.54) is 32.1 Å². The number of nitrogens with one attached hydrogen (secondary N) is 2. The number of ether oxygens (including phenoxy) is 1. The Bertz CT molecular complexity index is 391. The fourth-order valence-corrected chi connectivity index (χ4v) is 2.41. The van der Waals surface area contributed by atoms with Gasteiger partial charge in [0.15, 0.2) is 0 Å². The van der Waals surface area contributed by atoms with Crippen molar-refractivity contribution in [3.8, 4) is 0 Å². The standard InChI is InChI=1S/C14H24N4O/c1-11-10-13(18-14(15-2)17-11)16-8-9-19-12-6-4-3-5-7-12/h10,12H,3-9H2,1-2H3,(H2,15,16,17,18). The highest BCUT2D eigenvalue weighted by Crippen LogP contribution is 2.20. The van der Waals surface area contributed by atoms with Crippen molar-refractivity contribution < 1.29 is 4.74 Å². The van der Waals surface area contributed by atoms with Gasteiger partial charge in [-0.05, 0) is 19.8 Å². The van der Waals surface area contributed by atoms with E-state index in [0.29, 0.717) is 12.1 Å². The van der Waals surface area contributed by atoms with Gasteiger partial charge in [-0.15, -0.1) is 0 Å². The van der Waals surface area contributed by atoms with E-state index in [1.54, 1.807) is 0 Å². The molecule has 1 saturated carbocycles. The van der Waals surface area contributed by atoms with Gasteiger partial charge < -0.3 is 15.4 Å². The molecule has 2 rings (SSSR count). The number of anilines is 2. The third-order valence-electron chi connectivity index (χ3n) is 3.39. The molecule has 1 fully saturated rings. The summed E-state index contributed by atoms with van der Waals surface area (Å²) in [7, 11) is 1.82. The first-order chi connectivity index (χ1) is 9.28. The molecule has 0 saturated heterocycles. The molecule has 1 heterocycles. The summed E-state index contributed by atoms with van der Waals surface area (Å²) in [6.45, 7) is 3.49. The minimum Gasteiger partial charge on any atom is -0.376 e. The summed E-state index contributed by atoms with van der Waals surface area (Å²) in [6, 6.07) is 1.95. The minimum atomic E-state index is 0.468. The molecule has 0 aromatic carbocycles. The van der Waals surface area contributed by atoms with Crippen LogP contribution in [0, 0.1) is 6.92 Å². The van der Waals surface area contributed by atoms with E-state index in [0.717, 1.165) is 24.7 Å². The molecule has 0 aliphatic heterocycles. The molecule has 5 heteroatoms. The Hall–Kier alpha value is -1.36. The van der Waals surface area contributed by atoms with Crippen LogP contribution in [0.15, 0.2) is 6.07 Å². The highest BCUT2D eigenvalue weighted by Gasteiger charge is 2.13. The third-order valence-corrected chi connectivity index (χ3v) is 3.39. The number of hydrogen-bond acceptors (Lipinski definition) is 5. The molecule has 1 aliphatic rings. The summed E-state index contributed by atoms with van der Waals surface area (Å²) < 4.78 is 5.87. The first-order valence-electron chi connectivity index (χ1n) is 7.17. The van der Waals surface area contributed by atoms with Gasteiger partial charge in [-0.3, -0.25) is 0 Å². The smallest absolute Gasteiger partial charge is 0.224 e. The topological polar surface area (TPSA) is 59.1 Å². The van der Waals surface area contributed by atoms with E-state index in [-0.39, 0.29) is 0 Å². The van der Waals surface area contributed by atoms with Crippen molar-refractivity contribution in [2.75, 3.05) is 30.8 Å². The molecule has 1 aliphatic carbocycles. The summed E-state index contributed by atoms with van der Waals surface area (Å²) in [4.78, 5) is 8.61. The van der Waals surface area contributed by atoms with E-state index < -0.39 is 0 Å². The van der Waals surface area contributed by atoms with Crippen LogP contribution in [0.25, 0.3) is 0 Å². The molecule has 0 atom stereocenters. The molecule has 0 unspecified atom stereocenters. The van der Waals surface area contributed by atoms with Gasteiger partial charge in [0.1, 0.15) is 5.82 Å². The fraction of sp³-hybridized carbons (Fsp3) is 0.714. The van der Waals surface area contributed by atoms with Crippen LogP contribution in [0.4, 0.5) is 11.8 Å². The summed E-state index contributed by atoms with van der Waals surface area (Å²) in [5.74, 6) is 1.50. The molecular weight excluding hydrogens is 240 g/mol. The van der Waals surface area contributed by atoms with E-state index in [1.807, 2.05) is 20.0 Å². The van der Waals surface area contributed by atoms with Gasteiger partial charge in [0, 0.05) is 25.4 Å². The zero-order valence-corrected chi connectivity index (χ0v) is 11.9. The molecule has 0 amide bonds. The van der Waals surface area contributed by atoms with Crippen LogP contribution in [0.3, 0.4) is 0 Å². The van der Waals surface area contributed by atoms with Gasteiger partial charge in [0.25, 0.3) is 0 Å². The average Bonchev–Trinajstić information content (AvgIpc) is 2.44. The maximum Gasteiger partial charge on any atom is 0.224 e. The molecule has 106 valence electrons. The Balaban J connectivity index is 1.71. The van der Waals surface area contributed by atoms with Crippen LogP contribution in [0.1, 0.15) is 37.8 Å². The van der Waals surface area contributed by atoms with E-state index in [2.05, 4.69) is 20.6 Å². The number of aromatic nitrogens is 2. The summed E-state index contributed by atoms with van der Waals surface area (Å²) >= 11 is 0. The predicted octanol–water partition coefficient (Wildman–Crippen LogP) is 2.59. The first-order valence-corrected chi connectivity index (χ1v) is 7.17. The summed E-state index contributed by atoms with van der Waals surface area (Å²) in [5.41, 5.74) is 0.954. The second-order valence-corrected chi connectivity index (χ2v) is 5.03. The Morgan fingerprint density at radius 2 is 2.05 bits per heavy atom.